The zero-order valence-corrected chi connectivity index (χ0v) is 13.3. The summed E-state index contributed by atoms with van der Waals surface area (Å²) in [6, 6.07) is 1.56. The molecule has 0 saturated carbocycles. The first kappa shape index (κ1) is 17.4. The maximum Gasteiger partial charge on any atom is 0.321 e. The lowest BCUT2D eigenvalue weighted by Gasteiger charge is -2.16. The molecule has 0 spiro atoms. The number of amides is 1. The number of halogens is 1. The summed E-state index contributed by atoms with van der Waals surface area (Å²) in [6.07, 6.45) is 1.72. The van der Waals surface area contributed by atoms with E-state index < -0.39 is 38.7 Å². The van der Waals surface area contributed by atoms with Crippen molar-refractivity contribution in [1.29, 1.82) is 0 Å². The van der Waals surface area contributed by atoms with E-state index in [0.717, 1.165) is 38.0 Å². The quantitative estimate of drug-likeness (QED) is 0.823. The molecule has 1 aliphatic rings. The number of likely N-dealkylation sites (tertiary alicyclic amines) is 1. The summed E-state index contributed by atoms with van der Waals surface area (Å²) in [5, 5.41) is 8.73. The van der Waals surface area contributed by atoms with Crippen LogP contribution in [0.1, 0.15) is 30.1 Å². The van der Waals surface area contributed by atoms with E-state index in [1.807, 2.05) is 4.72 Å². The molecule has 0 aromatic heterocycles. The molecule has 1 aromatic carbocycles. The van der Waals surface area contributed by atoms with Crippen molar-refractivity contribution in [3.05, 3.63) is 29.6 Å². The van der Waals surface area contributed by atoms with Crippen LogP contribution in [-0.4, -0.2) is 49.4 Å². The molecular weight excluding hydrogens is 327 g/mol. The lowest BCUT2D eigenvalue weighted by atomic mass is 10.2. The van der Waals surface area contributed by atoms with Gasteiger partial charge in [-0.15, -0.1) is 0 Å². The minimum Gasteiger partial charge on any atom is -0.480 e. The van der Waals surface area contributed by atoms with Gasteiger partial charge in [0.1, 0.15) is 11.9 Å². The van der Waals surface area contributed by atoms with E-state index in [0.29, 0.717) is 13.1 Å². The van der Waals surface area contributed by atoms with Gasteiger partial charge in [0.05, 0.1) is 10.5 Å². The van der Waals surface area contributed by atoms with E-state index >= 15 is 0 Å². The highest BCUT2D eigenvalue weighted by molar-refractivity contribution is 7.89. The summed E-state index contributed by atoms with van der Waals surface area (Å²) in [4.78, 5) is 23.9. The maximum absolute atomic E-state index is 14.1. The van der Waals surface area contributed by atoms with Gasteiger partial charge in [-0.3, -0.25) is 9.59 Å². The van der Waals surface area contributed by atoms with Crippen LogP contribution in [0, 0.1) is 5.82 Å². The number of aliphatic carboxylic acids is 1. The number of sulfonamides is 1. The van der Waals surface area contributed by atoms with Gasteiger partial charge in [-0.25, -0.2) is 12.8 Å². The number of carboxylic acid groups (broad SMARTS) is 1. The molecule has 2 N–H and O–H groups in total. The Morgan fingerprint density at radius 3 is 2.43 bits per heavy atom. The Bertz CT molecular complexity index is 729. The number of nitrogens with zero attached hydrogens (tertiary/aromatic N) is 1. The summed E-state index contributed by atoms with van der Waals surface area (Å²) >= 11 is 0. The first-order chi connectivity index (χ1) is 10.7. The summed E-state index contributed by atoms with van der Waals surface area (Å²) < 4.78 is 40.0. The first-order valence-corrected chi connectivity index (χ1v) is 8.54. The molecule has 0 bridgehead atoms. The molecule has 1 aliphatic heterocycles. The molecule has 2 rings (SSSR count). The second kappa shape index (κ2) is 6.63. The predicted octanol–water partition coefficient (Wildman–Crippen LogP) is 0.813. The van der Waals surface area contributed by atoms with Crippen molar-refractivity contribution in [3.8, 4) is 0 Å². The molecule has 1 saturated heterocycles. The monoisotopic (exact) mass is 344 g/mol. The van der Waals surface area contributed by atoms with Gasteiger partial charge in [0.25, 0.3) is 5.91 Å². The van der Waals surface area contributed by atoms with Gasteiger partial charge in [0.2, 0.25) is 10.0 Å². The van der Waals surface area contributed by atoms with Crippen molar-refractivity contribution in [1.82, 2.24) is 9.62 Å². The summed E-state index contributed by atoms with van der Waals surface area (Å²) in [7, 11) is -4.18. The summed E-state index contributed by atoms with van der Waals surface area (Å²) in [5.41, 5.74) is -0.197. The minimum atomic E-state index is -4.18. The molecule has 0 radical (unpaired) electrons. The van der Waals surface area contributed by atoms with E-state index in [-0.39, 0.29) is 5.56 Å². The van der Waals surface area contributed by atoms with Crippen molar-refractivity contribution in [3.63, 3.8) is 0 Å². The number of hydrogen-bond donors (Lipinski definition) is 2. The Balaban J connectivity index is 2.24. The molecule has 1 atom stereocenters. The Hall–Kier alpha value is -2.00. The van der Waals surface area contributed by atoms with E-state index in [2.05, 4.69) is 0 Å². The molecule has 9 heteroatoms. The molecule has 1 fully saturated rings. The molecule has 1 aromatic rings. The van der Waals surface area contributed by atoms with Crippen LogP contribution in [0.5, 0.6) is 0 Å². The van der Waals surface area contributed by atoms with Gasteiger partial charge in [-0.05, 0) is 38.0 Å². The average Bonchev–Trinajstić information content (AvgIpc) is 3.00. The highest BCUT2D eigenvalue weighted by atomic mass is 32.2. The van der Waals surface area contributed by atoms with E-state index in [4.69, 9.17) is 5.11 Å². The Morgan fingerprint density at radius 2 is 1.91 bits per heavy atom. The van der Waals surface area contributed by atoms with E-state index in [1.54, 1.807) is 0 Å². The topological polar surface area (TPSA) is 104 Å². The summed E-state index contributed by atoms with van der Waals surface area (Å²) in [5.74, 6) is -2.78. The van der Waals surface area contributed by atoms with Crippen LogP contribution in [-0.2, 0) is 14.8 Å². The molecule has 23 heavy (non-hydrogen) atoms. The summed E-state index contributed by atoms with van der Waals surface area (Å²) in [6.45, 7) is 2.26. The zero-order chi connectivity index (χ0) is 17.2. The molecule has 0 aliphatic carbocycles. The fraction of sp³-hybridized carbons (Fsp3) is 0.429. The fourth-order valence-corrected chi connectivity index (χ4v) is 3.49. The van der Waals surface area contributed by atoms with Crippen molar-refractivity contribution in [2.24, 2.45) is 0 Å². The molecule has 1 amide bonds. The predicted molar refractivity (Wildman–Crippen MR) is 79.0 cm³/mol. The van der Waals surface area contributed by atoms with Gasteiger partial charge in [-0.1, -0.05) is 0 Å². The van der Waals surface area contributed by atoms with Crippen molar-refractivity contribution in [2.45, 2.75) is 30.7 Å². The van der Waals surface area contributed by atoms with Crippen molar-refractivity contribution >= 4 is 21.9 Å². The molecular formula is C14H17FN2O5S. The van der Waals surface area contributed by atoms with Gasteiger partial charge in [0.15, 0.2) is 0 Å². The van der Waals surface area contributed by atoms with Crippen LogP contribution in [0.4, 0.5) is 4.39 Å². The standard InChI is InChI=1S/C14H17FN2O5S/c1-9(14(19)20)16-23(21,22)10-4-5-11(12(15)8-10)13(18)17-6-2-3-7-17/h4-5,8-9,16H,2-3,6-7H2,1H3,(H,19,20). The van der Waals surface area contributed by atoms with E-state index in [9.17, 15) is 22.4 Å². The van der Waals surface area contributed by atoms with Crippen LogP contribution in [0.25, 0.3) is 0 Å². The first-order valence-electron chi connectivity index (χ1n) is 7.06. The van der Waals surface area contributed by atoms with Crippen LogP contribution in [0.15, 0.2) is 23.1 Å². The number of carbonyl (C=O) groups is 2. The SMILES string of the molecule is CC(NS(=O)(=O)c1ccc(C(=O)N2CCCC2)c(F)c1)C(=O)O. The number of rotatable bonds is 5. The lowest BCUT2D eigenvalue weighted by Crippen LogP contribution is -2.38. The Kier molecular flexibility index (Phi) is 5.00. The van der Waals surface area contributed by atoms with E-state index in [1.165, 1.54) is 4.90 Å². The van der Waals surface area contributed by atoms with Gasteiger partial charge >= 0.3 is 5.97 Å². The number of carboxylic acids is 1. The molecule has 1 heterocycles. The van der Waals surface area contributed by atoms with Crippen LogP contribution in [0.2, 0.25) is 0 Å². The fourth-order valence-electron chi connectivity index (χ4n) is 2.28. The van der Waals surface area contributed by atoms with Gasteiger partial charge in [0, 0.05) is 13.1 Å². The number of carbonyl (C=O) groups excluding carboxylic acids is 1. The number of benzene rings is 1. The minimum absolute atomic E-state index is 0.197. The maximum atomic E-state index is 14.1. The molecule has 1 unspecified atom stereocenters. The smallest absolute Gasteiger partial charge is 0.321 e. The van der Waals surface area contributed by atoms with Crippen LogP contribution < -0.4 is 4.72 Å². The van der Waals surface area contributed by atoms with Gasteiger partial charge < -0.3 is 10.0 Å². The Morgan fingerprint density at radius 1 is 1.30 bits per heavy atom. The zero-order valence-electron chi connectivity index (χ0n) is 12.5. The highest BCUT2D eigenvalue weighted by Gasteiger charge is 2.26. The lowest BCUT2D eigenvalue weighted by molar-refractivity contribution is -0.138. The second-order valence-electron chi connectivity index (χ2n) is 5.32. The third kappa shape index (κ3) is 3.85. The van der Waals surface area contributed by atoms with Crippen molar-refractivity contribution < 1.29 is 27.5 Å². The van der Waals surface area contributed by atoms with Crippen LogP contribution >= 0.6 is 0 Å². The Labute approximate surface area is 133 Å². The number of nitrogens with one attached hydrogen (secondary N) is 1. The van der Waals surface area contributed by atoms with Crippen molar-refractivity contribution in [2.75, 3.05) is 13.1 Å². The van der Waals surface area contributed by atoms with Crippen LogP contribution in [0.3, 0.4) is 0 Å². The molecule has 7 nitrogen and oxygen atoms in total. The third-order valence-electron chi connectivity index (χ3n) is 3.58. The normalized spacial score (nSPS) is 16.3. The number of hydrogen-bond acceptors (Lipinski definition) is 4. The highest BCUT2D eigenvalue weighted by Crippen LogP contribution is 2.19. The molecule has 126 valence electrons. The third-order valence-corrected chi connectivity index (χ3v) is 5.12. The van der Waals surface area contributed by atoms with Gasteiger partial charge in [-0.2, -0.15) is 4.72 Å². The second-order valence-corrected chi connectivity index (χ2v) is 7.04. The average molecular weight is 344 g/mol. The largest absolute Gasteiger partial charge is 0.480 e.